The summed E-state index contributed by atoms with van der Waals surface area (Å²) in [5.41, 5.74) is 1.96. The average Bonchev–Trinajstić information content (AvgIpc) is 2.65. The number of imidazole rings is 1. The fourth-order valence-electron chi connectivity index (χ4n) is 1.22. The van der Waals surface area contributed by atoms with Crippen molar-refractivity contribution < 1.29 is 4.74 Å². The second-order valence-electron chi connectivity index (χ2n) is 3.03. The molecule has 1 N–H and O–H groups in total. The van der Waals surface area contributed by atoms with Crippen LogP contribution >= 0.6 is 0 Å². The van der Waals surface area contributed by atoms with Gasteiger partial charge in [0.15, 0.2) is 0 Å². The van der Waals surface area contributed by atoms with Crippen molar-refractivity contribution in [3.8, 4) is 17.1 Å². The maximum absolute atomic E-state index is 5.08. The van der Waals surface area contributed by atoms with Crippen LogP contribution in [0.5, 0.6) is 5.75 Å². The molecule has 0 spiro atoms. The Morgan fingerprint density at radius 1 is 1.29 bits per heavy atom. The number of rotatable bonds is 2. The molecule has 2 heterocycles. The van der Waals surface area contributed by atoms with Crippen LogP contribution in [0.15, 0.2) is 24.7 Å². The molecule has 2 aromatic rings. The number of ether oxygens (including phenoxy) is 1. The lowest BCUT2D eigenvalue weighted by atomic mass is 10.2. The molecule has 0 saturated heterocycles. The summed E-state index contributed by atoms with van der Waals surface area (Å²) >= 11 is 0. The highest BCUT2D eigenvalue weighted by molar-refractivity contribution is 5.55. The molecule has 0 aliphatic carbocycles. The van der Waals surface area contributed by atoms with Crippen LogP contribution in [0.25, 0.3) is 11.4 Å². The number of aromatic nitrogens is 3. The first-order valence-corrected chi connectivity index (χ1v) is 4.30. The van der Waals surface area contributed by atoms with Crippen LogP contribution in [0.1, 0.15) is 5.69 Å². The average molecular weight is 189 g/mol. The van der Waals surface area contributed by atoms with Crippen molar-refractivity contribution >= 4 is 0 Å². The fraction of sp³-hybridized carbons (Fsp3) is 0.200. The standard InChI is InChI=1S/C10H11N3O/c1-7-4-12-10(13-7)8-3-9(14-2)6-11-5-8/h3-6H,1-2H3,(H,12,13). The van der Waals surface area contributed by atoms with Gasteiger partial charge in [0.05, 0.1) is 13.3 Å². The summed E-state index contributed by atoms with van der Waals surface area (Å²) in [5.74, 6) is 1.55. The topological polar surface area (TPSA) is 50.8 Å². The van der Waals surface area contributed by atoms with Crippen LogP contribution in [0.2, 0.25) is 0 Å². The molecule has 72 valence electrons. The van der Waals surface area contributed by atoms with Crippen molar-refractivity contribution in [2.75, 3.05) is 7.11 Å². The Hall–Kier alpha value is -1.84. The van der Waals surface area contributed by atoms with Crippen LogP contribution in [-0.2, 0) is 0 Å². The maximum Gasteiger partial charge on any atom is 0.139 e. The molecule has 0 aliphatic rings. The van der Waals surface area contributed by atoms with E-state index in [4.69, 9.17) is 4.74 Å². The summed E-state index contributed by atoms with van der Waals surface area (Å²) in [4.78, 5) is 11.4. The first kappa shape index (κ1) is 8.74. The second kappa shape index (κ2) is 3.49. The smallest absolute Gasteiger partial charge is 0.139 e. The van der Waals surface area contributed by atoms with Crippen molar-refractivity contribution in [3.63, 3.8) is 0 Å². The third-order valence-electron chi connectivity index (χ3n) is 1.93. The molecular weight excluding hydrogens is 178 g/mol. The van der Waals surface area contributed by atoms with Crippen molar-refractivity contribution in [2.24, 2.45) is 0 Å². The highest BCUT2D eigenvalue weighted by atomic mass is 16.5. The number of aromatic amines is 1. The van der Waals surface area contributed by atoms with Gasteiger partial charge in [-0.15, -0.1) is 0 Å². The molecule has 0 amide bonds. The lowest BCUT2D eigenvalue weighted by Gasteiger charge is -2.00. The van der Waals surface area contributed by atoms with Crippen LogP contribution in [0, 0.1) is 6.92 Å². The Bertz CT molecular complexity index is 436. The second-order valence-corrected chi connectivity index (χ2v) is 3.03. The van der Waals surface area contributed by atoms with Gasteiger partial charge in [-0.1, -0.05) is 0 Å². The molecule has 4 heteroatoms. The molecule has 0 bridgehead atoms. The van der Waals surface area contributed by atoms with Gasteiger partial charge in [-0.25, -0.2) is 4.98 Å². The van der Waals surface area contributed by atoms with Gasteiger partial charge in [0.25, 0.3) is 0 Å². The molecule has 0 radical (unpaired) electrons. The molecule has 0 saturated carbocycles. The molecule has 0 aliphatic heterocycles. The van der Waals surface area contributed by atoms with E-state index in [9.17, 15) is 0 Å². The Labute approximate surface area is 82.0 Å². The minimum Gasteiger partial charge on any atom is -0.495 e. The highest BCUT2D eigenvalue weighted by Crippen LogP contribution is 2.19. The predicted octanol–water partition coefficient (Wildman–Crippen LogP) is 1.79. The SMILES string of the molecule is COc1cncc(-c2ncc(C)[nH]2)c1. The predicted molar refractivity (Wildman–Crippen MR) is 53.1 cm³/mol. The van der Waals surface area contributed by atoms with E-state index >= 15 is 0 Å². The normalized spacial score (nSPS) is 10.1. The third kappa shape index (κ3) is 1.59. The van der Waals surface area contributed by atoms with Gasteiger partial charge in [-0.2, -0.15) is 0 Å². The van der Waals surface area contributed by atoms with E-state index in [1.165, 1.54) is 0 Å². The number of nitrogens with zero attached hydrogens (tertiary/aromatic N) is 2. The molecular formula is C10H11N3O. The lowest BCUT2D eigenvalue weighted by molar-refractivity contribution is 0.413. The number of pyridine rings is 1. The number of hydrogen-bond donors (Lipinski definition) is 1. The Kier molecular flexibility index (Phi) is 2.18. The molecule has 2 rings (SSSR count). The minimum absolute atomic E-state index is 0.733. The molecule has 4 nitrogen and oxygen atoms in total. The summed E-state index contributed by atoms with van der Waals surface area (Å²) in [6, 6.07) is 1.89. The molecule has 0 fully saturated rings. The van der Waals surface area contributed by atoms with Gasteiger partial charge in [0.1, 0.15) is 11.6 Å². The molecule has 14 heavy (non-hydrogen) atoms. The maximum atomic E-state index is 5.08. The largest absolute Gasteiger partial charge is 0.495 e. The lowest BCUT2D eigenvalue weighted by Crippen LogP contribution is -1.87. The number of H-pyrrole nitrogens is 1. The zero-order chi connectivity index (χ0) is 9.97. The van der Waals surface area contributed by atoms with Crippen molar-refractivity contribution in [3.05, 3.63) is 30.4 Å². The van der Waals surface area contributed by atoms with Crippen LogP contribution in [0.3, 0.4) is 0 Å². The summed E-state index contributed by atoms with van der Waals surface area (Å²) in [7, 11) is 1.62. The van der Waals surface area contributed by atoms with E-state index in [0.29, 0.717) is 0 Å². The number of methoxy groups -OCH3 is 1. The van der Waals surface area contributed by atoms with E-state index in [-0.39, 0.29) is 0 Å². The Morgan fingerprint density at radius 2 is 2.14 bits per heavy atom. The minimum atomic E-state index is 0.733. The van der Waals surface area contributed by atoms with E-state index in [1.54, 1.807) is 25.7 Å². The van der Waals surface area contributed by atoms with Crippen molar-refractivity contribution in [1.29, 1.82) is 0 Å². The molecule has 2 aromatic heterocycles. The summed E-state index contributed by atoms with van der Waals surface area (Å²) in [6.45, 7) is 1.96. The number of hydrogen-bond acceptors (Lipinski definition) is 3. The third-order valence-corrected chi connectivity index (χ3v) is 1.93. The fourth-order valence-corrected chi connectivity index (χ4v) is 1.22. The van der Waals surface area contributed by atoms with Crippen molar-refractivity contribution in [2.45, 2.75) is 6.92 Å². The van der Waals surface area contributed by atoms with Gasteiger partial charge in [-0.3, -0.25) is 4.98 Å². The summed E-state index contributed by atoms with van der Waals surface area (Å²) in [6.07, 6.45) is 5.20. The first-order chi connectivity index (χ1) is 6.79. The Morgan fingerprint density at radius 3 is 2.79 bits per heavy atom. The quantitative estimate of drug-likeness (QED) is 0.783. The Balaban J connectivity index is 2.41. The number of nitrogens with one attached hydrogen (secondary N) is 1. The van der Waals surface area contributed by atoms with E-state index in [1.807, 2.05) is 13.0 Å². The van der Waals surface area contributed by atoms with Gasteiger partial charge in [0.2, 0.25) is 0 Å². The van der Waals surface area contributed by atoms with E-state index in [0.717, 1.165) is 22.8 Å². The molecule has 0 aromatic carbocycles. The van der Waals surface area contributed by atoms with E-state index < -0.39 is 0 Å². The summed E-state index contributed by atoms with van der Waals surface area (Å²) in [5, 5.41) is 0. The van der Waals surface area contributed by atoms with Gasteiger partial charge in [0, 0.05) is 23.7 Å². The van der Waals surface area contributed by atoms with Crippen LogP contribution in [-0.4, -0.2) is 22.1 Å². The molecule has 0 unspecified atom stereocenters. The van der Waals surface area contributed by atoms with Crippen molar-refractivity contribution in [1.82, 2.24) is 15.0 Å². The summed E-state index contributed by atoms with van der Waals surface area (Å²) < 4.78 is 5.08. The monoisotopic (exact) mass is 189 g/mol. The van der Waals surface area contributed by atoms with Gasteiger partial charge < -0.3 is 9.72 Å². The van der Waals surface area contributed by atoms with Crippen LogP contribution in [0.4, 0.5) is 0 Å². The zero-order valence-corrected chi connectivity index (χ0v) is 8.11. The highest BCUT2D eigenvalue weighted by Gasteiger charge is 2.02. The zero-order valence-electron chi connectivity index (χ0n) is 8.11. The van der Waals surface area contributed by atoms with Gasteiger partial charge >= 0.3 is 0 Å². The van der Waals surface area contributed by atoms with Gasteiger partial charge in [-0.05, 0) is 13.0 Å². The van der Waals surface area contributed by atoms with E-state index in [2.05, 4.69) is 15.0 Å². The van der Waals surface area contributed by atoms with Crippen LogP contribution < -0.4 is 4.74 Å². The molecule has 0 atom stereocenters. The first-order valence-electron chi connectivity index (χ1n) is 4.30. The number of aryl methyl sites for hydroxylation is 1.